The second-order valence-corrected chi connectivity index (χ2v) is 19.7. The molecule has 320 valence electrons. The Kier molecular flexibility index (Phi) is 7.12. The Morgan fingerprint density at radius 2 is 0.986 bits per heavy atom. The summed E-state index contributed by atoms with van der Waals surface area (Å²) in [5.41, 5.74) is 16.4. The maximum atomic E-state index is 5.61. The number of nitrogens with zero attached hydrogens (tertiary/aromatic N) is 4. The van der Waals surface area contributed by atoms with Gasteiger partial charge < -0.3 is 4.40 Å². The topological polar surface area (TPSA) is 35.1 Å². The van der Waals surface area contributed by atoms with E-state index in [1.165, 1.54) is 98.2 Å². The van der Waals surface area contributed by atoms with Crippen LogP contribution in [0.1, 0.15) is 25.0 Å². The van der Waals surface area contributed by atoms with Crippen molar-refractivity contribution < 1.29 is 0 Å². The third-order valence-corrected chi connectivity index (χ3v) is 15.8. The molecule has 0 N–H and O–H groups in total. The molecule has 16 rings (SSSR count). The summed E-state index contributed by atoms with van der Waals surface area (Å²) >= 11 is 0. The van der Waals surface area contributed by atoms with Gasteiger partial charge in [-0.2, -0.15) is 0 Å². The number of hydrogen-bond acceptors (Lipinski definition) is 2. The molecule has 4 aromatic heterocycles. The summed E-state index contributed by atoms with van der Waals surface area (Å²) in [6.07, 6.45) is 0. The van der Waals surface area contributed by atoms with E-state index in [0.717, 1.165) is 49.5 Å². The van der Waals surface area contributed by atoms with Gasteiger partial charge in [-0.1, -0.05) is 184 Å². The molecule has 4 nitrogen and oxygen atoms in total. The van der Waals surface area contributed by atoms with Crippen molar-refractivity contribution >= 4 is 103 Å². The Morgan fingerprint density at radius 1 is 0.377 bits per heavy atom. The first-order valence-corrected chi connectivity index (χ1v) is 24.0. The van der Waals surface area contributed by atoms with Gasteiger partial charge in [0, 0.05) is 54.1 Å². The van der Waals surface area contributed by atoms with Gasteiger partial charge in [0.15, 0.2) is 0 Å². The summed E-state index contributed by atoms with van der Waals surface area (Å²) in [7, 11) is 0. The molecule has 4 heterocycles. The van der Waals surface area contributed by atoms with Crippen molar-refractivity contribution in [3.8, 4) is 39.5 Å². The van der Waals surface area contributed by atoms with Crippen molar-refractivity contribution in [3.63, 3.8) is 0 Å². The van der Waals surface area contributed by atoms with Crippen LogP contribution in [-0.4, -0.2) is 18.9 Å². The van der Waals surface area contributed by atoms with Crippen LogP contribution in [0.3, 0.4) is 0 Å². The third kappa shape index (κ3) is 4.82. The van der Waals surface area contributed by atoms with Gasteiger partial charge in [-0.3, -0.25) is 4.57 Å². The maximum absolute atomic E-state index is 5.61. The highest BCUT2D eigenvalue weighted by Crippen LogP contribution is 2.53. The van der Waals surface area contributed by atoms with E-state index in [0.29, 0.717) is 5.95 Å². The number of hydrogen-bond donors (Lipinski definition) is 0. The summed E-state index contributed by atoms with van der Waals surface area (Å²) in [4.78, 5) is 11.2. The molecule has 0 saturated carbocycles. The van der Waals surface area contributed by atoms with E-state index in [1.54, 1.807) is 0 Å². The predicted molar refractivity (Wildman–Crippen MR) is 289 cm³/mol. The molecule has 0 unspecified atom stereocenters. The fraction of sp³-hybridized carbons (Fsp3) is 0.0462. The number of aromatic nitrogens is 4. The first-order valence-electron chi connectivity index (χ1n) is 24.0. The summed E-state index contributed by atoms with van der Waals surface area (Å²) in [6, 6.07) is 76.0. The molecule has 69 heavy (non-hydrogen) atoms. The second-order valence-electron chi connectivity index (χ2n) is 19.7. The molecule has 0 bridgehead atoms. The zero-order valence-electron chi connectivity index (χ0n) is 37.9. The van der Waals surface area contributed by atoms with Crippen LogP contribution in [0, 0.1) is 0 Å². The van der Waals surface area contributed by atoms with Crippen LogP contribution in [-0.2, 0) is 5.41 Å². The summed E-state index contributed by atoms with van der Waals surface area (Å²) in [5.74, 6) is 0.658. The lowest BCUT2D eigenvalue weighted by Crippen LogP contribution is -2.15. The number of rotatable bonds is 3. The zero-order valence-corrected chi connectivity index (χ0v) is 37.9. The Morgan fingerprint density at radius 3 is 1.80 bits per heavy atom. The van der Waals surface area contributed by atoms with Gasteiger partial charge in [0.2, 0.25) is 5.95 Å². The molecule has 0 amide bonds. The van der Waals surface area contributed by atoms with Gasteiger partial charge in [0.25, 0.3) is 0 Å². The summed E-state index contributed by atoms with van der Waals surface area (Å²) in [6.45, 7) is 4.84. The highest BCUT2D eigenvalue weighted by molar-refractivity contribution is 6.28. The van der Waals surface area contributed by atoms with E-state index < -0.39 is 0 Å². The van der Waals surface area contributed by atoms with Crippen LogP contribution in [0.4, 0.5) is 0 Å². The third-order valence-electron chi connectivity index (χ3n) is 15.8. The van der Waals surface area contributed by atoms with E-state index in [1.807, 2.05) is 0 Å². The van der Waals surface area contributed by atoms with Crippen molar-refractivity contribution in [1.82, 2.24) is 18.9 Å². The lowest BCUT2D eigenvalue weighted by atomic mass is 9.79. The molecule has 15 aromatic rings. The van der Waals surface area contributed by atoms with E-state index in [4.69, 9.17) is 9.97 Å². The van der Waals surface area contributed by atoms with Gasteiger partial charge >= 0.3 is 0 Å². The minimum Gasteiger partial charge on any atom is -0.308 e. The number of para-hydroxylation sites is 3. The molecular formula is C65H40N4. The fourth-order valence-electron chi connectivity index (χ4n) is 12.8. The maximum Gasteiger partial charge on any atom is 0.235 e. The smallest absolute Gasteiger partial charge is 0.235 e. The second kappa shape index (κ2) is 13.2. The Hall–Kier alpha value is -8.86. The quantitative estimate of drug-likeness (QED) is 0.166. The molecule has 0 fully saturated rings. The Labute approximate surface area is 396 Å². The Bertz CT molecular complexity index is 4740. The van der Waals surface area contributed by atoms with Crippen LogP contribution in [0.15, 0.2) is 206 Å². The van der Waals surface area contributed by atoms with E-state index in [9.17, 15) is 0 Å². The van der Waals surface area contributed by atoms with Crippen molar-refractivity contribution in [2.45, 2.75) is 19.3 Å². The Balaban J connectivity index is 0.899. The van der Waals surface area contributed by atoms with E-state index in [2.05, 4.69) is 229 Å². The average Bonchev–Trinajstić information content (AvgIpc) is 4.10. The SMILES string of the molecule is CC1(C)c2cc(-c3ccc4c5ccccc5n(-c5nc(-c6ccccc6)c6c7ccccc7c7ccccc7c6n5)c4c3)ccc2-c2ccc3cc4c5cccc6c7ccccc7n(c4cc3c21)c65. The standard InChI is InChI=1S/C65H40N4/c1-65(2)54-34-38(27-30-43(54)48-32-29-40-33-53-51-24-14-23-50-45-20-11-12-25-55(45)68(63(50)51)58(53)36-52(40)60(48)65)39-28-31-46-44-19-10-13-26-56(44)69(57(46)35-39)64-66-61(37-15-4-3-5-16-37)59-47-21-8-6-17-41(47)42-18-7-9-22-49(42)62(59)67-64/h3-36H,1-2H3. The monoisotopic (exact) mass is 876 g/mol. The van der Waals surface area contributed by atoms with Crippen LogP contribution in [0.2, 0.25) is 0 Å². The molecule has 0 saturated heterocycles. The largest absolute Gasteiger partial charge is 0.308 e. The van der Waals surface area contributed by atoms with E-state index in [-0.39, 0.29) is 5.41 Å². The molecule has 0 aliphatic heterocycles. The van der Waals surface area contributed by atoms with Gasteiger partial charge in [-0.25, -0.2) is 9.97 Å². The first kappa shape index (κ1) is 37.3. The molecule has 4 heteroatoms. The molecular weight excluding hydrogens is 837 g/mol. The highest BCUT2D eigenvalue weighted by Gasteiger charge is 2.37. The summed E-state index contributed by atoms with van der Waals surface area (Å²) < 4.78 is 4.80. The van der Waals surface area contributed by atoms with Crippen molar-refractivity contribution in [1.29, 1.82) is 0 Å². The van der Waals surface area contributed by atoms with Gasteiger partial charge in [-0.05, 0) is 96.7 Å². The fourth-order valence-corrected chi connectivity index (χ4v) is 12.8. The van der Waals surface area contributed by atoms with E-state index >= 15 is 0 Å². The van der Waals surface area contributed by atoms with Crippen molar-refractivity contribution in [2.75, 3.05) is 0 Å². The van der Waals surface area contributed by atoms with Crippen molar-refractivity contribution in [2.24, 2.45) is 0 Å². The lowest BCUT2D eigenvalue weighted by molar-refractivity contribution is 0.666. The van der Waals surface area contributed by atoms with Crippen LogP contribution in [0.25, 0.3) is 143 Å². The minimum atomic E-state index is -0.243. The molecule has 0 radical (unpaired) electrons. The molecule has 1 aliphatic carbocycles. The highest BCUT2D eigenvalue weighted by atomic mass is 15.2. The van der Waals surface area contributed by atoms with Gasteiger partial charge in [-0.15, -0.1) is 0 Å². The minimum absolute atomic E-state index is 0.243. The number of fused-ring (bicyclic) bond motifs is 20. The normalized spacial score (nSPS) is 13.5. The predicted octanol–water partition coefficient (Wildman–Crippen LogP) is 17.0. The first-order chi connectivity index (χ1) is 34.0. The lowest BCUT2D eigenvalue weighted by Gasteiger charge is -2.24. The molecule has 0 atom stereocenters. The van der Waals surface area contributed by atoms with Gasteiger partial charge in [0.1, 0.15) is 0 Å². The molecule has 1 aliphatic rings. The van der Waals surface area contributed by atoms with Crippen LogP contribution >= 0.6 is 0 Å². The van der Waals surface area contributed by atoms with Crippen LogP contribution in [0.5, 0.6) is 0 Å². The average molecular weight is 877 g/mol. The van der Waals surface area contributed by atoms with Gasteiger partial charge in [0.05, 0.1) is 38.8 Å². The zero-order chi connectivity index (χ0) is 45.3. The van der Waals surface area contributed by atoms with Crippen LogP contribution < -0.4 is 0 Å². The summed E-state index contributed by atoms with van der Waals surface area (Å²) in [5, 5.41) is 15.9. The number of benzene rings is 11. The molecule has 0 spiro atoms. The van der Waals surface area contributed by atoms with Crippen molar-refractivity contribution in [3.05, 3.63) is 217 Å². The molecule has 11 aromatic carbocycles.